The Morgan fingerprint density at radius 1 is 1.18 bits per heavy atom. The summed E-state index contributed by atoms with van der Waals surface area (Å²) in [6.07, 6.45) is 0. The molecule has 0 saturated carbocycles. The summed E-state index contributed by atoms with van der Waals surface area (Å²) < 4.78 is 5.24. The highest BCUT2D eigenvalue weighted by Crippen LogP contribution is 2.28. The van der Waals surface area contributed by atoms with Gasteiger partial charge in [0.05, 0.1) is 8.15 Å². The van der Waals surface area contributed by atoms with Crippen molar-refractivity contribution in [3.8, 4) is 0 Å². The molecule has 0 aliphatic rings. The van der Waals surface area contributed by atoms with Gasteiger partial charge in [-0.15, -0.1) is 0 Å². The second kappa shape index (κ2) is 3.85. The molecular formula is C9H13OP. The lowest BCUT2D eigenvalue weighted by Gasteiger charge is -2.08. The Hall–Kier alpha value is -0.390. The van der Waals surface area contributed by atoms with Gasteiger partial charge in [0.2, 0.25) is 0 Å². The highest BCUT2D eigenvalue weighted by molar-refractivity contribution is 7.60. The van der Waals surface area contributed by atoms with Crippen LogP contribution in [0.1, 0.15) is 5.56 Å². The summed E-state index contributed by atoms with van der Waals surface area (Å²) >= 11 is 0. The van der Waals surface area contributed by atoms with Crippen LogP contribution >= 0.6 is 8.15 Å². The van der Waals surface area contributed by atoms with Crippen LogP contribution in [0, 0.1) is 6.92 Å². The van der Waals surface area contributed by atoms with Gasteiger partial charge in [-0.1, -0.05) is 29.8 Å². The van der Waals surface area contributed by atoms with E-state index in [0.29, 0.717) is 0 Å². The van der Waals surface area contributed by atoms with E-state index in [1.54, 1.807) is 7.11 Å². The monoisotopic (exact) mass is 168 g/mol. The van der Waals surface area contributed by atoms with Crippen LogP contribution in [0.3, 0.4) is 0 Å². The first kappa shape index (κ1) is 8.70. The maximum absolute atomic E-state index is 5.24. The molecular weight excluding hydrogens is 155 g/mol. The zero-order valence-corrected chi connectivity index (χ0v) is 8.06. The van der Waals surface area contributed by atoms with Gasteiger partial charge in [0.25, 0.3) is 0 Å². The van der Waals surface area contributed by atoms with Crippen molar-refractivity contribution in [2.75, 3.05) is 13.8 Å². The zero-order valence-electron chi connectivity index (χ0n) is 7.16. The normalized spacial score (nSPS) is 13.0. The number of hydrogen-bond donors (Lipinski definition) is 0. The van der Waals surface area contributed by atoms with Gasteiger partial charge in [0.15, 0.2) is 0 Å². The van der Waals surface area contributed by atoms with E-state index in [0.717, 1.165) is 0 Å². The standard InChI is InChI=1S/C9H13OP/c1-8-4-6-9(7-5-8)11(3)10-2/h4-7H,1-3H3. The predicted molar refractivity (Wildman–Crippen MR) is 50.7 cm³/mol. The molecule has 0 spiro atoms. The van der Waals surface area contributed by atoms with Crippen LogP contribution < -0.4 is 5.30 Å². The van der Waals surface area contributed by atoms with Gasteiger partial charge < -0.3 is 4.52 Å². The number of rotatable bonds is 2. The summed E-state index contributed by atoms with van der Waals surface area (Å²) in [5.74, 6) is 0. The Morgan fingerprint density at radius 3 is 2.18 bits per heavy atom. The van der Waals surface area contributed by atoms with Crippen molar-refractivity contribution in [1.29, 1.82) is 0 Å². The first-order valence-electron chi connectivity index (χ1n) is 3.58. The molecule has 1 rings (SSSR count). The summed E-state index contributed by atoms with van der Waals surface area (Å²) in [6.45, 7) is 4.20. The lowest BCUT2D eigenvalue weighted by molar-refractivity contribution is 0.471. The van der Waals surface area contributed by atoms with E-state index in [4.69, 9.17) is 4.52 Å². The molecule has 0 saturated heterocycles. The quantitative estimate of drug-likeness (QED) is 0.615. The molecule has 2 heteroatoms. The molecule has 1 atom stereocenters. The number of hydrogen-bond acceptors (Lipinski definition) is 1. The van der Waals surface area contributed by atoms with Gasteiger partial charge in [-0.2, -0.15) is 0 Å². The van der Waals surface area contributed by atoms with Crippen molar-refractivity contribution in [1.82, 2.24) is 0 Å². The van der Waals surface area contributed by atoms with E-state index in [1.165, 1.54) is 10.9 Å². The van der Waals surface area contributed by atoms with Crippen LogP contribution in [0.2, 0.25) is 0 Å². The molecule has 1 aromatic rings. The fraction of sp³-hybridized carbons (Fsp3) is 0.333. The molecule has 60 valence electrons. The van der Waals surface area contributed by atoms with E-state index in [9.17, 15) is 0 Å². The number of benzene rings is 1. The van der Waals surface area contributed by atoms with Crippen LogP contribution in [-0.2, 0) is 4.52 Å². The van der Waals surface area contributed by atoms with Gasteiger partial charge >= 0.3 is 0 Å². The SMILES string of the molecule is COP(C)c1ccc(C)cc1. The fourth-order valence-electron chi connectivity index (χ4n) is 0.860. The molecule has 11 heavy (non-hydrogen) atoms. The lowest BCUT2D eigenvalue weighted by Crippen LogP contribution is -1.99. The molecule has 1 aromatic carbocycles. The fourth-order valence-corrected chi connectivity index (χ4v) is 1.64. The van der Waals surface area contributed by atoms with E-state index in [1.807, 2.05) is 0 Å². The van der Waals surface area contributed by atoms with E-state index in [2.05, 4.69) is 37.9 Å². The molecule has 0 N–H and O–H groups in total. The molecule has 0 bridgehead atoms. The van der Waals surface area contributed by atoms with Crippen molar-refractivity contribution in [2.24, 2.45) is 0 Å². The number of aryl methyl sites for hydroxylation is 1. The van der Waals surface area contributed by atoms with Crippen LogP contribution in [0.4, 0.5) is 0 Å². The van der Waals surface area contributed by atoms with Crippen LogP contribution in [0.25, 0.3) is 0 Å². The third-order valence-electron chi connectivity index (χ3n) is 1.67. The Morgan fingerprint density at radius 2 is 1.73 bits per heavy atom. The summed E-state index contributed by atoms with van der Waals surface area (Å²) in [4.78, 5) is 0. The second-order valence-electron chi connectivity index (χ2n) is 2.52. The van der Waals surface area contributed by atoms with Crippen molar-refractivity contribution < 1.29 is 4.52 Å². The molecule has 0 fully saturated rings. The Bertz CT molecular complexity index is 218. The molecule has 0 heterocycles. The highest BCUT2D eigenvalue weighted by Gasteiger charge is 2.00. The minimum absolute atomic E-state index is 0.386. The molecule has 0 radical (unpaired) electrons. The third kappa shape index (κ3) is 2.28. The first-order chi connectivity index (χ1) is 5.24. The molecule has 1 unspecified atom stereocenters. The molecule has 0 aromatic heterocycles. The van der Waals surface area contributed by atoms with E-state index >= 15 is 0 Å². The minimum Gasteiger partial charge on any atom is -0.358 e. The molecule has 0 aliphatic carbocycles. The van der Waals surface area contributed by atoms with Gasteiger partial charge in [0, 0.05) is 12.4 Å². The summed E-state index contributed by atoms with van der Waals surface area (Å²) in [5.41, 5.74) is 1.30. The summed E-state index contributed by atoms with van der Waals surface area (Å²) in [6, 6.07) is 8.50. The average molecular weight is 168 g/mol. The van der Waals surface area contributed by atoms with Crippen molar-refractivity contribution in [2.45, 2.75) is 6.92 Å². The molecule has 1 nitrogen and oxygen atoms in total. The van der Waals surface area contributed by atoms with E-state index in [-0.39, 0.29) is 8.15 Å². The van der Waals surface area contributed by atoms with Gasteiger partial charge in [0.1, 0.15) is 0 Å². The first-order valence-corrected chi connectivity index (χ1v) is 5.29. The second-order valence-corrected chi connectivity index (χ2v) is 4.39. The lowest BCUT2D eigenvalue weighted by atomic mass is 10.2. The largest absolute Gasteiger partial charge is 0.358 e. The Balaban J connectivity index is 2.81. The van der Waals surface area contributed by atoms with Gasteiger partial charge in [-0.25, -0.2) is 0 Å². The third-order valence-corrected chi connectivity index (χ3v) is 3.24. The zero-order chi connectivity index (χ0) is 8.27. The van der Waals surface area contributed by atoms with E-state index < -0.39 is 0 Å². The maximum atomic E-state index is 5.24. The summed E-state index contributed by atoms with van der Waals surface area (Å²) in [5, 5.41) is 1.30. The predicted octanol–water partition coefficient (Wildman–Crippen LogP) is 2.29. The summed E-state index contributed by atoms with van der Waals surface area (Å²) in [7, 11) is 1.37. The highest BCUT2D eigenvalue weighted by atomic mass is 31.1. The van der Waals surface area contributed by atoms with Crippen LogP contribution in [-0.4, -0.2) is 13.8 Å². The van der Waals surface area contributed by atoms with Gasteiger partial charge in [-0.3, -0.25) is 0 Å². The molecule has 0 aliphatic heterocycles. The van der Waals surface area contributed by atoms with Crippen molar-refractivity contribution >= 4 is 13.5 Å². The van der Waals surface area contributed by atoms with Crippen LogP contribution in [0.5, 0.6) is 0 Å². The van der Waals surface area contributed by atoms with Crippen LogP contribution in [0.15, 0.2) is 24.3 Å². The van der Waals surface area contributed by atoms with Crippen molar-refractivity contribution in [3.05, 3.63) is 29.8 Å². The van der Waals surface area contributed by atoms with Crippen molar-refractivity contribution in [3.63, 3.8) is 0 Å². The smallest absolute Gasteiger partial charge is 0.0567 e. The Kier molecular flexibility index (Phi) is 3.04. The maximum Gasteiger partial charge on any atom is 0.0567 e. The van der Waals surface area contributed by atoms with Gasteiger partial charge in [-0.05, 0) is 13.6 Å². The molecule has 0 amide bonds. The minimum atomic E-state index is -0.386. The Labute approximate surface area is 69.2 Å². The average Bonchev–Trinajstić information content (AvgIpc) is 2.05. The topological polar surface area (TPSA) is 9.23 Å².